The summed E-state index contributed by atoms with van der Waals surface area (Å²) in [4.78, 5) is 12.6. The Morgan fingerprint density at radius 3 is 2.76 bits per heavy atom. The van der Waals surface area contributed by atoms with E-state index in [0.29, 0.717) is 30.3 Å². The Morgan fingerprint density at radius 2 is 2.08 bits per heavy atom. The van der Waals surface area contributed by atoms with Crippen LogP contribution in [-0.2, 0) is 4.74 Å². The first kappa shape index (κ1) is 17.0. The fourth-order valence-electron chi connectivity index (χ4n) is 2.48. The number of carbonyl (C=O) groups excluding carboxylic acids is 1. The lowest BCUT2D eigenvalue weighted by Gasteiger charge is -2.08. The number of benzene rings is 1. The van der Waals surface area contributed by atoms with E-state index in [1.807, 2.05) is 37.3 Å². The number of hydrogen-bond donors (Lipinski definition) is 1. The normalized spacial score (nSPS) is 10.8. The van der Waals surface area contributed by atoms with E-state index in [-0.39, 0.29) is 5.91 Å². The van der Waals surface area contributed by atoms with Gasteiger partial charge in [-0.05, 0) is 37.6 Å². The molecule has 0 aliphatic heterocycles. The Hall–Kier alpha value is -2.86. The Bertz CT molecular complexity index is 820. The second-order valence-corrected chi connectivity index (χ2v) is 5.74. The molecule has 0 bridgehead atoms. The minimum Gasteiger partial charge on any atom is -0.463 e. The van der Waals surface area contributed by atoms with E-state index < -0.39 is 0 Å². The summed E-state index contributed by atoms with van der Waals surface area (Å²) in [5, 5.41) is 7.46. The van der Waals surface area contributed by atoms with E-state index in [4.69, 9.17) is 9.15 Å². The van der Waals surface area contributed by atoms with Crippen molar-refractivity contribution in [3.8, 4) is 17.1 Å². The number of rotatable bonds is 7. The fraction of sp³-hybridized carbons (Fsp3) is 0.263. The topological polar surface area (TPSA) is 69.3 Å². The van der Waals surface area contributed by atoms with Gasteiger partial charge in [0.25, 0.3) is 5.91 Å². The quantitative estimate of drug-likeness (QED) is 0.671. The monoisotopic (exact) mass is 339 g/mol. The molecule has 0 atom stereocenters. The summed E-state index contributed by atoms with van der Waals surface area (Å²) in [6.45, 7) is 3.17. The van der Waals surface area contributed by atoms with Crippen molar-refractivity contribution >= 4 is 5.91 Å². The van der Waals surface area contributed by atoms with Crippen molar-refractivity contribution in [1.82, 2.24) is 15.1 Å². The van der Waals surface area contributed by atoms with E-state index in [0.717, 1.165) is 17.7 Å². The molecule has 0 saturated heterocycles. The number of amides is 1. The van der Waals surface area contributed by atoms with Crippen LogP contribution in [0.25, 0.3) is 17.1 Å². The van der Waals surface area contributed by atoms with Crippen LogP contribution in [0.3, 0.4) is 0 Å². The number of methoxy groups -OCH3 is 1. The average molecular weight is 339 g/mol. The summed E-state index contributed by atoms with van der Waals surface area (Å²) in [6, 6.07) is 13.2. The summed E-state index contributed by atoms with van der Waals surface area (Å²) in [7, 11) is 1.64. The maximum atomic E-state index is 12.6. The minimum absolute atomic E-state index is 0.179. The molecule has 0 unspecified atom stereocenters. The zero-order valence-electron chi connectivity index (χ0n) is 14.4. The molecule has 1 N–H and O–H groups in total. The van der Waals surface area contributed by atoms with Crippen LogP contribution in [0.1, 0.15) is 22.5 Å². The second kappa shape index (κ2) is 7.81. The number of nitrogens with zero attached hydrogens (tertiary/aromatic N) is 2. The molecule has 1 amide bonds. The lowest BCUT2D eigenvalue weighted by Crippen LogP contribution is -2.27. The standard InChI is InChI=1S/C19H21N3O3/c1-14-6-8-15(9-7-14)22-17(19(23)20-10-4-11-24-2)13-16(21-22)18-5-3-12-25-18/h3,5-9,12-13H,4,10-11H2,1-2H3,(H,20,23). The molecule has 25 heavy (non-hydrogen) atoms. The number of furan rings is 1. The molecule has 1 aromatic carbocycles. The molecular formula is C19H21N3O3. The van der Waals surface area contributed by atoms with E-state index in [9.17, 15) is 4.79 Å². The molecule has 130 valence electrons. The smallest absolute Gasteiger partial charge is 0.270 e. The number of nitrogens with one attached hydrogen (secondary N) is 1. The Balaban J connectivity index is 1.91. The van der Waals surface area contributed by atoms with Crippen LogP contribution in [0, 0.1) is 6.92 Å². The van der Waals surface area contributed by atoms with Crippen molar-refractivity contribution in [2.45, 2.75) is 13.3 Å². The predicted octanol–water partition coefficient (Wildman–Crippen LogP) is 3.21. The van der Waals surface area contributed by atoms with Gasteiger partial charge in [0.2, 0.25) is 0 Å². The first-order valence-corrected chi connectivity index (χ1v) is 8.17. The molecule has 2 heterocycles. The van der Waals surface area contributed by atoms with Crippen molar-refractivity contribution in [2.24, 2.45) is 0 Å². The zero-order chi connectivity index (χ0) is 17.6. The maximum Gasteiger partial charge on any atom is 0.270 e. The van der Waals surface area contributed by atoms with Crippen molar-refractivity contribution in [2.75, 3.05) is 20.3 Å². The fourth-order valence-corrected chi connectivity index (χ4v) is 2.48. The van der Waals surface area contributed by atoms with Gasteiger partial charge in [-0.1, -0.05) is 17.7 Å². The zero-order valence-corrected chi connectivity index (χ0v) is 14.4. The number of ether oxygens (including phenoxy) is 1. The van der Waals surface area contributed by atoms with Crippen LogP contribution in [-0.4, -0.2) is 35.9 Å². The molecule has 3 aromatic rings. The molecule has 0 aliphatic rings. The number of carbonyl (C=O) groups is 1. The van der Waals surface area contributed by atoms with Gasteiger partial charge in [-0.25, -0.2) is 4.68 Å². The van der Waals surface area contributed by atoms with Crippen molar-refractivity contribution < 1.29 is 13.9 Å². The molecule has 6 nitrogen and oxygen atoms in total. The van der Waals surface area contributed by atoms with Gasteiger partial charge in [0.05, 0.1) is 12.0 Å². The van der Waals surface area contributed by atoms with Gasteiger partial charge in [-0.15, -0.1) is 0 Å². The van der Waals surface area contributed by atoms with Gasteiger partial charge in [-0.3, -0.25) is 4.79 Å². The van der Waals surface area contributed by atoms with Gasteiger partial charge in [0.15, 0.2) is 5.76 Å². The molecule has 2 aromatic heterocycles. The highest BCUT2D eigenvalue weighted by atomic mass is 16.5. The third-order valence-corrected chi connectivity index (χ3v) is 3.80. The van der Waals surface area contributed by atoms with Crippen molar-refractivity contribution in [3.63, 3.8) is 0 Å². The molecule has 3 rings (SSSR count). The summed E-state index contributed by atoms with van der Waals surface area (Å²) < 4.78 is 12.1. The molecule has 0 spiro atoms. The summed E-state index contributed by atoms with van der Waals surface area (Å²) in [6.07, 6.45) is 2.34. The van der Waals surface area contributed by atoms with Crippen molar-refractivity contribution in [1.29, 1.82) is 0 Å². The van der Waals surface area contributed by atoms with E-state index >= 15 is 0 Å². The van der Waals surface area contributed by atoms with Crippen LogP contribution < -0.4 is 5.32 Å². The molecule has 0 saturated carbocycles. The van der Waals surface area contributed by atoms with Gasteiger partial charge in [0, 0.05) is 26.3 Å². The van der Waals surface area contributed by atoms with E-state index in [1.165, 1.54) is 0 Å². The largest absolute Gasteiger partial charge is 0.463 e. The van der Waals surface area contributed by atoms with Crippen LogP contribution in [0.2, 0.25) is 0 Å². The van der Waals surface area contributed by atoms with Gasteiger partial charge >= 0.3 is 0 Å². The Morgan fingerprint density at radius 1 is 1.28 bits per heavy atom. The predicted molar refractivity (Wildman–Crippen MR) is 94.8 cm³/mol. The van der Waals surface area contributed by atoms with Crippen LogP contribution in [0.15, 0.2) is 53.1 Å². The molecule has 0 fully saturated rings. The van der Waals surface area contributed by atoms with E-state index in [2.05, 4.69) is 10.4 Å². The molecule has 6 heteroatoms. The van der Waals surface area contributed by atoms with Gasteiger partial charge < -0.3 is 14.5 Å². The van der Waals surface area contributed by atoms with E-state index in [1.54, 1.807) is 30.2 Å². The molecule has 0 aliphatic carbocycles. The van der Waals surface area contributed by atoms with Gasteiger partial charge in [-0.2, -0.15) is 5.10 Å². The van der Waals surface area contributed by atoms with Crippen LogP contribution in [0.5, 0.6) is 0 Å². The highest BCUT2D eigenvalue weighted by Gasteiger charge is 2.18. The lowest BCUT2D eigenvalue weighted by atomic mass is 10.2. The average Bonchev–Trinajstić information content (AvgIpc) is 3.28. The third-order valence-electron chi connectivity index (χ3n) is 3.80. The minimum atomic E-state index is -0.179. The summed E-state index contributed by atoms with van der Waals surface area (Å²) in [5.41, 5.74) is 3.05. The third kappa shape index (κ3) is 3.97. The summed E-state index contributed by atoms with van der Waals surface area (Å²) >= 11 is 0. The first-order valence-electron chi connectivity index (χ1n) is 8.17. The van der Waals surface area contributed by atoms with Crippen molar-refractivity contribution in [3.05, 3.63) is 60.0 Å². The highest BCUT2D eigenvalue weighted by Crippen LogP contribution is 2.22. The second-order valence-electron chi connectivity index (χ2n) is 5.74. The molecular weight excluding hydrogens is 318 g/mol. The molecule has 0 radical (unpaired) electrons. The highest BCUT2D eigenvalue weighted by molar-refractivity contribution is 5.94. The van der Waals surface area contributed by atoms with Crippen LogP contribution >= 0.6 is 0 Å². The summed E-state index contributed by atoms with van der Waals surface area (Å²) in [5.74, 6) is 0.446. The Kier molecular flexibility index (Phi) is 5.30. The first-order chi connectivity index (χ1) is 12.2. The van der Waals surface area contributed by atoms with Crippen LogP contribution in [0.4, 0.5) is 0 Å². The SMILES string of the molecule is COCCCNC(=O)c1cc(-c2ccco2)nn1-c1ccc(C)cc1. The number of hydrogen-bond acceptors (Lipinski definition) is 4. The number of aryl methyl sites for hydroxylation is 1. The Labute approximate surface area is 146 Å². The lowest BCUT2D eigenvalue weighted by molar-refractivity contribution is 0.0941. The number of aromatic nitrogens is 2. The van der Waals surface area contributed by atoms with Gasteiger partial charge in [0.1, 0.15) is 11.4 Å². The maximum absolute atomic E-state index is 12.6.